The molecule has 0 radical (unpaired) electrons. The van der Waals surface area contributed by atoms with Gasteiger partial charge in [0, 0.05) is 6.42 Å². The lowest BCUT2D eigenvalue weighted by Gasteiger charge is -2.19. The van der Waals surface area contributed by atoms with Gasteiger partial charge in [-0.25, -0.2) is 4.79 Å². The Morgan fingerprint density at radius 3 is 2.48 bits per heavy atom. The quantitative estimate of drug-likeness (QED) is 0.817. The highest BCUT2D eigenvalue weighted by Crippen LogP contribution is 2.26. The summed E-state index contributed by atoms with van der Waals surface area (Å²) >= 11 is 6.04. The minimum absolute atomic E-state index is 0.0362. The van der Waals surface area contributed by atoms with E-state index in [1.807, 2.05) is 0 Å². The predicted molar refractivity (Wildman–Crippen MR) is 78.7 cm³/mol. The molecule has 0 amide bonds. The molecule has 0 atom stereocenters. The molecule has 0 saturated carbocycles. The van der Waals surface area contributed by atoms with Gasteiger partial charge in [0.05, 0.1) is 5.02 Å². The van der Waals surface area contributed by atoms with Crippen LogP contribution in [0, 0.1) is 0 Å². The van der Waals surface area contributed by atoms with Gasteiger partial charge in [-0.05, 0) is 44.9 Å². The van der Waals surface area contributed by atoms with Crippen LogP contribution in [0.3, 0.4) is 0 Å². The minimum Gasteiger partial charge on any atom is -0.481 e. The molecule has 1 N–H and O–H groups in total. The summed E-state index contributed by atoms with van der Waals surface area (Å²) in [4.78, 5) is 22.0. The lowest BCUT2D eigenvalue weighted by molar-refractivity contribution is -0.157. The Morgan fingerprint density at radius 2 is 1.95 bits per heavy atom. The molecular weight excluding hydrogens is 296 g/mol. The summed E-state index contributed by atoms with van der Waals surface area (Å²) < 4.78 is 10.4. The van der Waals surface area contributed by atoms with Crippen molar-refractivity contribution >= 4 is 23.5 Å². The monoisotopic (exact) mass is 314 g/mol. The van der Waals surface area contributed by atoms with Gasteiger partial charge < -0.3 is 14.6 Å². The topological polar surface area (TPSA) is 72.8 Å². The van der Waals surface area contributed by atoms with E-state index in [9.17, 15) is 9.59 Å². The number of carbonyl (C=O) groups excluding carboxylic acids is 1. The summed E-state index contributed by atoms with van der Waals surface area (Å²) in [7, 11) is 0. The Hall–Kier alpha value is -1.75. The van der Waals surface area contributed by atoms with Crippen LogP contribution in [0.1, 0.15) is 32.8 Å². The molecule has 1 aromatic carbocycles. The third-order valence-corrected chi connectivity index (χ3v) is 2.68. The van der Waals surface area contributed by atoms with Crippen molar-refractivity contribution in [2.45, 2.75) is 39.2 Å². The Morgan fingerprint density at radius 1 is 1.29 bits per heavy atom. The van der Waals surface area contributed by atoms with E-state index in [4.69, 9.17) is 26.2 Å². The number of aliphatic carboxylic acids is 1. The third kappa shape index (κ3) is 6.99. The van der Waals surface area contributed by atoms with E-state index in [2.05, 4.69) is 0 Å². The first kappa shape index (κ1) is 17.3. The molecule has 21 heavy (non-hydrogen) atoms. The molecule has 0 saturated heterocycles. The van der Waals surface area contributed by atoms with Crippen LogP contribution < -0.4 is 4.74 Å². The maximum Gasteiger partial charge on any atom is 0.344 e. The molecule has 1 rings (SSSR count). The molecule has 0 fully saturated rings. The molecule has 0 spiro atoms. The average Bonchev–Trinajstić information content (AvgIpc) is 2.33. The van der Waals surface area contributed by atoms with Crippen LogP contribution in [0.2, 0.25) is 5.02 Å². The molecule has 0 aromatic heterocycles. The number of hydrogen-bond acceptors (Lipinski definition) is 4. The van der Waals surface area contributed by atoms with Crippen molar-refractivity contribution < 1.29 is 24.2 Å². The van der Waals surface area contributed by atoms with E-state index in [1.165, 1.54) is 0 Å². The van der Waals surface area contributed by atoms with Crippen molar-refractivity contribution in [1.29, 1.82) is 0 Å². The normalized spacial score (nSPS) is 11.0. The van der Waals surface area contributed by atoms with Crippen molar-refractivity contribution in [3.8, 4) is 5.75 Å². The number of aryl methyl sites for hydroxylation is 1. The second-order valence-corrected chi connectivity index (χ2v) is 5.94. The summed E-state index contributed by atoms with van der Waals surface area (Å²) in [6, 6.07) is 4.97. The van der Waals surface area contributed by atoms with Crippen molar-refractivity contribution in [2.24, 2.45) is 0 Å². The van der Waals surface area contributed by atoms with Gasteiger partial charge in [0.25, 0.3) is 0 Å². The molecule has 116 valence electrons. The Balaban J connectivity index is 2.57. The van der Waals surface area contributed by atoms with Crippen LogP contribution in [0.4, 0.5) is 0 Å². The van der Waals surface area contributed by atoms with Crippen LogP contribution in [-0.4, -0.2) is 29.3 Å². The summed E-state index contributed by atoms with van der Waals surface area (Å²) in [5.74, 6) is -0.980. The van der Waals surface area contributed by atoms with Crippen LogP contribution in [0.5, 0.6) is 5.75 Å². The lowest BCUT2D eigenvalue weighted by Crippen LogP contribution is -2.27. The minimum atomic E-state index is -0.864. The van der Waals surface area contributed by atoms with Gasteiger partial charge in [0.2, 0.25) is 0 Å². The summed E-state index contributed by atoms with van der Waals surface area (Å²) in [5.41, 5.74) is 0.234. The van der Waals surface area contributed by atoms with Crippen LogP contribution >= 0.6 is 11.6 Å². The molecule has 0 bridgehead atoms. The zero-order chi connectivity index (χ0) is 16.0. The maximum atomic E-state index is 11.5. The molecule has 0 unspecified atom stereocenters. The first-order valence-corrected chi connectivity index (χ1v) is 6.90. The van der Waals surface area contributed by atoms with Gasteiger partial charge in [-0.1, -0.05) is 17.7 Å². The van der Waals surface area contributed by atoms with Crippen molar-refractivity contribution in [1.82, 2.24) is 0 Å². The number of carboxylic acids is 1. The fourth-order valence-corrected chi connectivity index (χ4v) is 1.83. The van der Waals surface area contributed by atoms with Crippen LogP contribution in [0.15, 0.2) is 18.2 Å². The second-order valence-electron chi connectivity index (χ2n) is 5.53. The van der Waals surface area contributed by atoms with Crippen molar-refractivity contribution in [2.75, 3.05) is 6.61 Å². The molecule has 6 heteroatoms. The van der Waals surface area contributed by atoms with E-state index < -0.39 is 17.5 Å². The Kier molecular flexibility index (Phi) is 6.03. The molecule has 0 aliphatic carbocycles. The summed E-state index contributed by atoms with van der Waals surface area (Å²) in [6.45, 7) is 5.09. The van der Waals surface area contributed by atoms with Gasteiger partial charge in [0.1, 0.15) is 11.4 Å². The smallest absolute Gasteiger partial charge is 0.344 e. The van der Waals surface area contributed by atoms with Crippen LogP contribution in [0.25, 0.3) is 0 Å². The Bertz CT molecular complexity index is 519. The number of halogens is 1. The van der Waals surface area contributed by atoms with Gasteiger partial charge >= 0.3 is 11.9 Å². The van der Waals surface area contributed by atoms with E-state index in [0.717, 1.165) is 5.56 Å². The van der Waals surface area contributed by atoms with E-state index in [-0.39, 0.29) is 13.0 Å². The van der Waals surface area contributed by atoms with Crippen LogP contribution in [-0.2, 0) is 20.7 Å². The standard InChI is InChI=1S/C15H19ClO5/c1-15(2,3)21-14(19)9-20-12-6-4-10(8-11(12)16)5-7-13(17)18/h4,6,8H,5,7,9H2,1-3H3,(H,17,18). The summed E-state index contributed by atoms with van der Waals surface area (Å²) in [6.07, 6.45) is 0.426. The lowest BCUT2D eigenvalue weighted by atomic mass is 10.1. The third-order valence-electron chi connectivity index (χ3n) is 2.39. The van der Waals surface area contributed by atoms with Gasteiger partial charge in [-0.15, -0.1) is 0 Å². The number of carbonyl (C=O) groups is 2. The number of benzene rings is 1. The fraction of sp³-hybridized carbons (Fsp3) is 0.467. The largest absolute Gasteiger partial charge is 0.481 e. The van der Waals surface area contributed by atoms with Gasteiger partial charge in [-0.2, -0.15) is 0 Å². The molecule has 5 nitrogen and oxygen atoms in total. The zero-order valence-corrected chi connectivity index (χ0v) is 13.1. The maximum absolute atomic E-state index is 11.5. The molecular formula is C15H19ClO5. The number of carboxylic acid groups (broad SMARTS) is 1. The molecule has 0 heterocycles. The van der Waals surface area contributed by atoms with Crippen molar-refractivity contribution in [3.63, 3.8) is 0 Å². The first-order valence-electron chi connectivity index (χ1n) is 6.52. The number of esters is 1. The Labute approximate surface area is 128 Å². The molecule has 0 aliphatic heterocycles. The predicted octanol–water partition coefficient (Wildman–Crippen LogP) is 3.08. The fourth-order valence-electron chi connectivity index (χ4n) is 1.58. The molecule has 1 aromatic rings. The molecule has 0 aliphatic rings. The average molecular weight is 315 g/mol. The first-order chi connectivity index (χ1) is 9.67. The number of hydrogen-bond donors (Lipinski definition) is 1. The van der Waals surface area contributed by atoms with Gasteiger partial charge in [0.15, 0.2) is 6.61 Å². The highest BCUT2D eigenvalue weighted by atomic mass is 35.5. The van der Waals surface area contributed by atoms with E-state index in [1.54, 1.807) is 39.0 Å². The van der Waals surface area contributed by atoms with E-state index >= 15 is 0 Å². The summed E-state index contributed by atoms with van der Waals surface area (Å²) in [5, 5.41) is 8.96. The SMILES string of the molecule is CC(C)(C)OC(=O)COc1ccc(CCC(=O)O)cc1Cl. The van der Waals surface area contributed by atoms with E-state index in [0.29, 0.717) is 17.2 Å². The van der Waals surface area contributed by atoms with Gasteiger partial charge in [-0.3, -0.25) is 4.79 Å². The highest BCUT2D eigenvalue weighted by molar-refractivity contribution is 6.32. The van der Waals surface area contributed by atoms with Crippen molar-refractivity contribution in [3.05, 3.63) is 28.8 Å². The number of rotatable bonds is 6. The number of ether oxygens (including phenoxy) is 2. The zero-order valence-electron chi connectivity index (χ0n) is 12.3. The highest BCUT2D eigenvalue weighted by Gasteiger charge is 2.17. The second kappa shape index (κ2) is 7.31.